The van der Waals surface area contributed by atoms with Crippen LogP contribution < -0.4 is 0 Å². The van der Waals surface area contributed by atoms with E-state index >= 15 is 0 Å². The van der Waals surface area contributed by atoms with Gasteiger partial charge in [0, 0.05) is 12.2 Å². The quantitative estimate of drug-likeness (QED) is 0.594. The number of ether oxygens (including phenoxy) is 2. The van der Waals surface area contributed by atoms with Gasteiger partial charge in [0.15, 0.2) is 0 Å². The fraction of sp³-hybridized carbons (Fsp3) is 0.500. The van der Waals surface area contributed by atoms with Crippen molar-refractivity contribution in [1.82, 2.24) is 9.29 Å². The van der Waals surface area contributed by atoms with E-state index in [-0.39, 0.29) is 29.8 Å². The van der Waals surface area contributed by atoms with Gasteiger partial charge in [-0.15, -0.1) is 0 Å². The number of carbonyl (C=O) groups is 1. The molecule has 0 aliphatic carbocycles. The van der Waals surface area contributed by atoms with E-state index in [9.17, 15) is 13.2 Å². The Balaban J connectivity index is 2.43. The number of sulfonamides is 1. The number of hydrogen-bond acceptors (Lipinski definition) is 6. The lowest BCUT2D eigenvalue weighted by Crippen LogP contribution is -2.52. The third kappa shape index (κ3) is 3.18. The van der Waals surface area contributed by atoms with E-state index in [2.05, 4.69) is 9.72 Å². The number of pyridine rings is 1. The number of morpholine rings is 1. The summed E-state index contributed by atoms with van der Waals surface area (Å²) in [6, 6.07) is 1.90. The van der Waals surface area contributed by atoms with E-state index < -0.39 is 22.0 Å². The molecule has 0 aromatic carbocycles. The molecule has 0 radical (unpaired) electrons. The van der Waals surface area contributed by atoms with Crippen LogP contribution in [0.25, 0.3) is 0 Å². The first-order valence-corrected chi connectivity index (χ1v) is 8.00. The van der Waals surface area contributed by atoms with Crippen LogP contribution in [0.5, 0.6) is 0 Å². The zero-order valence-electron chi connectivity index (χ0n) is 11.6. The van der Waals surface area contributed by atoms with Gasteiger partial charge >= 0.3 is 5.97 Å². The summed E-state index contributed by atoms with van der Waals surface area (Å²) in [5.74, 6) is -0.672. The molecule has 0 unspecified atom stereocenters. The molecule has 1 saturated heterocycles. The van der Waals surface area contributed by atoms with Crippen LogP contribution in [-0.2, 0) is 24.3 Å². The number of rotatable bonds is 3. The molecule has 21 heavy (non-hydrogen) atoms. The second-order valence-corrected chi connectivity index (χ2v) is 6.69. The molecule has 1 aliphatic rings. The summed E-state index contributed by atoms with van der Waals surface area (Å²) in [6.45, 7) is 1.90. The van der Waals surface area contributed by atoms with Gasteiger partial charge in [-0.3, -0.25) is 4.79 Å². The van der Waals surface area contributed by atoms with E-state index in [0.29, 0.717) is 5.69 Å². The van der Waals surface area contributed by atoms with Crippen molar-refractivity contribution >= 4 is 27.6 Å². The maximum absolute atomic E-state index is 12.7. The molecule has 1 aromatic rings. The van der Waals surface area contributed by atoms with E-state index in [4.69, 9.17) is 16.3 Å². The molecule has 1 aromatic heterocycles. The van der Waals surface area contributed by atoms with Gasteiger partial charge in [-0.25, -0.2) is 13.4 Å². The van der Waals surface area contributed by atoms with E-state index in [1.54, 1.807) is 13.0 Å². The first kappa shape index (κ1) is 16.2. The van der Waals surface area contributed by atoms with Gasteiger partial charge in [-0.1, -0.05) is 11.6 Å². The summed E-state index contributed by atoms with van der Waals surface area (Å²) < 4.78 is 36.2. The molecule has 0 saturated carbocycles. The van der Waals surface area contributed by atoms with Crippen molar-refractivity contribution in [2.24, 2.45) is 0 Å². The number of esters is 1. The molecule has 0 amide bonds. The van der Waals surface area contributed by atoms with Crippen molar-refractivity contribution in [2.45, 2.75) is 17.9 Å². The fourth-order valence-electron chi connectivity index (χ4n) is 2.03. The van der Waals surface area contributed by atoms with Crippen LogP contribution in [0.15, 0.2) is 17.0 Å². The molecule has 9 heteroatoms. The molecule has 2 rings (SSSR count). The molecular formula is C12H15ClN2O5S. The summed E-state index contributed by atoms with van der Waals surface area (Å²) in [7, 11) is -2.76. The van der Waals surface area contributed by atoms with Crippen LogP contribution in [0.1, 0.15) is 5.69 Å². The predicted octanol–water partition coefficient (Wildman–Crippen LogP) is 0.606. The SMILES string of the molecule is COC(=O)[C@@H]1COCCN1S(=O)(=O)c1ccc(C)nc1Cl. The average Bonchev–Trinajstić information content (AvgIpc) is 2.46. The first-order chi connectivity index (χ1) is 9.87. The van der Waals surface area contributed by atoms with Gasteiger partial charge in [-0.2, -0.15) is 4.31 Å². The van der Waals surface area contributed by atoms with Crippen molar-refractivity contribution in [3.8, 4) is 0 Å². The van der Waals surface area contributed by atoms with Crippen molar-refractivity contribution in [2.75, 3.05) is 26.9 Å². The van der Waals surface area contributed by atoms with Gasteiger partial charge in [0.25, 0.3) is 0 Å². The third-order valence-corrected chi connectivity index (χ3v) is 5.43. The van der Waals surface area contributed by atoms with Crippen molar-refractivity contribution in [1.29, 1.82) is 0 Å². The van der Waals surface area contributed by atoms with Crippen LogP contribution in [-0.4, -0.2) is 56.6 Å². The smallest absolute Gasteiger partial charge is 0.326 e. The van der Waals surface area contributed by atoms with Crippen LogP contribution in [0.4, 0.5) is 0 Å². The Bertz CT molecular complexity index is 649. The zero-order chi connectivity index (χ0) is 15.6. The Morgan fingerprint density at radius 2 is 2.24 bits per heavy atom. The second-order valence-electron chi connectivity index (χ2n) is 4.47. The maximum Gasteiger partial charge on any atom is 0.326 e. The van der Waals surface area contributed by atoms with E-state index in [1.807, 2.05) is 0 Å². The summed E-state index contributed by atoms with van der Waals surface area (Å²) in [5, 5.41) is -0.120. The highest BCUT2D eigenvalue weighted by atomic mass is 35.5. The van der Waals surface area contributed by atoms with Crippen LogP contribution in [0.2, 0.25) is 5.15 Å². The summed E-state index contributed by atoms with van der Waals surface area (Å²) in [5.41, 5.74) is 0.602. The number of carbonyl (C=O) groups excluding carboxylic acids is 1. The lowest BCUT2D eigenvalue weighted by Gasteiger charge is -2.32. The van der Waals surface area contributed by atoms with Gasteiger partial charge in [0.2, 0.25) is 10.0 Å². The number of methoxy groups -OCH3 is 1. The monoisotopic (exact) mass is 334 g/mol. The molecule has 2 heterocycles. The third-order valence-electron chi connectivity index (χ3n) is 3.09. The van der Waals surface area contributed by atoms with E-state index in [0.717, 1.165) is 4.31 Å². The minimum atomic E-state index is -3.96. The van der Waals surface area contributed by atoms with Crippen molar-refractivity contribution < 1.29 is 22.7 Å². The summed E-state index contributed by atoms with van der Waals surface area (Å²) in [4.78, 5) is 15.5. The summed E-state index contributed by atoms with van der Waals surface area (Å²) >= 11 is 5.93. The Kier molecular flexibility index (Phi) is 4.82. The molecule has 116 valence electrons. The number of nitrogens with zero attached hydrogens (tertiary/aromatic N) is 2. The second kappa shape index (κ2) is 6.27. The Morgan fingerprint density at radius 1 is 1.52 bits per heavy atom. The molecule has 0 N–H and O–H groups in total. The molecule has 1 aliphatic heterocycles. The van der Waals surface area contributed by atoms with E-state index in [1.165, 1.54) is 13.2 Å². The molecule has 0 bridgehead atoms. The number of aryl methyl sites for hydroxylation is 1. The normalized spacial score (nSPS) is 20.2. The van der Waals surface area contributed by atoms with Crippen molar-refractivity contribution in [3.63, 3.8) is 0 Å². The lowest BCUT2D eigenvalue weighted by molar-refractivity contribution is -0.149. The standard InChI is InChI=1S/C12H15ClN2O5S/c1-8-3-4-10(11(13)14-8)21(17,18)15-5-6-20-7-9(15)12(16)19-2/h3-4,9H,5-7H2,1-2H3/t9-/m0/s1. The molecule has 0 spiro atoms. The van der Waals surface area contributed by atoms with Gasteiger partial charge < -0.3 is 9.47 Å². The van der Waals surface area contributed by atoms with Gasteiger partial charge in [0.1, 0.15) is 16.1 Å². The topological polar surface area (TPSA) is 85.8 Å². The van der Waals surface area contributed by atoms with Gasteiger partial charge in [0.05, 0.1) is 20.3 Å². The highest BCUT2D eigenvalue weighted by Gasteiger charge is 2.40. The minimum Gasteiger partial charge on any atom is -0.468 e. The zero-order valence-corrected chi connectivity index (χ0v) is 13.1. The van der Waals surface area contributed by atoms with Gasteiger partial charge in [-0.05, 0) is 19.1 Å². The molecule has 1 atom stereocenters. The minimum absolute atomic E-state index is 0.0479. The lowest BCUT2D eigenvalue weighted by atomic mass is 10.3. The average molecular weight is 335 g/mol. The van der Waals surface area contributed by atoms with Crippen LogP contribution in [0, 0.1) is 6.92 Å². The number of halogens is 1. The van der Waals surface area contributed by atoms with Crippen LogP contribution >= 0.6 is 11.6 Å². The highest BCUT2D eigenvalue weighted by Crippen LogP contribution is 2.26. The maximum atomic E-state index is 12.7. The van der Waals surface area contributed by atoms with Crippen LogP contribution in [0.3, 0.4) is 0 Å². The Labute approximate surface area is 127 Å². The number of hydrogen-bond donors (Lipinski definition) is 0. The summed E-state index contributed by atoms with van der Waals surface area (Å²) in [6.07, 6.45) is 0. The molecule has 7 nitrogen and oxygen atoms in total. The largest absolute Gasteiger partial charge is 0.468 e. The fourth-order valence-corrected chi connectivity index (χ4v) is 4.07. The Hall–Kier alpha value is -1.22. The first-order valence-electron chi connectivity index (χ1n) is 6.18. The Morgan fingerprint density at radius 3 is 2.86 bits per heavy atom. The highest BCUT2D eigenvalue weighted by molar-refractivity contribution is 7.89. The predicted molar refractivity (Wildman–Crippen MR) is 74.5 cm³/mol. The van der Waals surface area contributed by atoms with Crippen molar-refractivity contribution in [3.05, 3.63) is 23.0 Å². The molecular weight excluding hydrogens is 320 g/mol. The molecule has 1 fully saturated rings. The number of aromatic nitrogens is 1.